The third-order valence-electron chi connectivity index (χ3n) is 3.83. The Hall–Kier alpha value is -0.770. The second kappa shape index (κ2) is 4.39. The van der Waals surface area contributed by atoms with Crippen molar-refractivity contribution in [2.75, 3.05) is 33.2 Å². The van der Waals surface area contributed by atoms with Gasteiger partial charge in [0.25, 0.3) is 0 Å². The summed E-state index contributed by atoms with van der Waals surface area (Å²) in [5, 5.41) is 6.12. The van der Waals surface area contributed by atoms with Crippen molar-refractivity contribution in [1.82, 2.24) is 15.5 Å². The van der Waals surface area contributed by atoms with Crippen molar-refractivity contribution in [2.45, 2.75) is 25.7 Å². The van der Waals surface area contributed by atoms with Gasteiger partial charge in [-0.1, -0.05) is 0 Å². The summed E-state index contributed by atoms with van der Waals surface area (Å²) in [6, 6.07) is 0.0904. The summed E-state index contributed by atoms with van der Waals surface area (Å²) in [6.45, 7) is 4.10. The second-order valence-electron chi connectivity index (χ2n) is 4.83. The van der Waals surface area contributed by atoms with Crippen molar-refractivity contribution in [2.24, 2.45) is 5.41 Å². The van der Waals surface area contributed by atoms with Crippen molar-refractivity contribution in [3.8, 4) is 0 Å². The van der Waals surface area contributed by atoms with Crippen molar-refractivity contribution < 1.29 is 4.79 Å². The molecule has 4 nitrogen and oxygen atoms in total. The van der Waals surface area contributed by atoms with E-state index in [9.17, 15) is 4.79 Å². The molecule has 15 heavy (non-hydrogen) atoms. The second-order valence-corrected chi connectivity index (χ2v) is 4.83. The quantitative estimate of drug-likeness (QED) is 0.622. The largest absolute Gasteiger partial charge is 0.341 e. The summed E-state index contributed by atoms with van der Waals surface area (Å²) in [7, 11) is 1.71. The number of urea groups is 1. The van der Waals surface area contributed by atoms with Crippen LogP contribution in [0.2, 0.25) is 0 Å². The van der Waals surface area contributed by atoms with E-state index in [0.29, 0.717) is 5.41 Å². The monoisotopic (exact) mass is 211 g/mol. The number of hydrogen-bond acceptors (Lipinski definition) is 2. The molecule has 86 valence electrons. The smallest absolute Gasteiger partial charge is 0.317 e. The van der Waals surface area contributed by atoms with Gasteiger partial charge in [-0.2, -0.15) is 0 Å². The highest BCUT2D eigenvalue weighted by Crippen LogP contribution is 2.37. The standard InChI is InChI=1S/C11H21N3O/c1-12-10(15)14-8-2-3-11(9-14)4-6-13-7-5-11/h13H,2-9H2,1H3,(H,12,15). The number of hydrogen-bond donors (Lipinski definition) is 2. The number of carbonyl (C=O) groups excluding carboxylic acids is 1. The summed E-state index contributed by atoms with van der Waals surface area (Å²) in [5.41, 5.74) is 0.413. The molecule has 2 saturated heterocycles. The molecule has 2 aliphatic heterocycles. The minimum Gasteiger partial charge on any atom is -0.341 e. The Morgan fingerprint density at radius 2 is 2.07 bits per heavy atom. The third-order valence-corrected chi connectivity index (χ3v) is 3.83. The van der Waals surface area contributed by atoms with Gasteiger partial charge < -0.3 is 15.5 Å². The number of nitrogens with one attached hydrogen (secondary N) is 2. The van der Waals surface area contributed by atoms with Gasteiger partial charge in [0, 0.05) is 20.1 Å². The maximum atomic E-state index is 11.6. The Kier molecular flexibility index (Phi) is 3.14. The number of likely N-dealkylation sites (tertiary alicyclic amines) is 1. The van der Waals surface area contributed by atoms with E-state index in [4.69, 9.17) is 0 Å². The predicted molar refractivity (Wildman–Crippen MR) is 59.8 cm³/mol. The Morgan fingerprint density at radius 1 is 1.33 bits per heavy atom. The molecule has 2 fully saturated rings. The zero-order chi connectivity index (χ0) is 10.7. The van der Waals surface area contributed by atoms with Crippen LogP contribution >= 0.6 is 0 Å². The van der Waals surface area contributed by atoms with Crippen molar-refractivity contribution in [1.29, 1.82) is 0 Å². The van der Waals surface area contributed by atoms with Crippen LogP contribution in [0.1, 0.15) is 25.7 Å². The molecule has 2 amide bonds. The van der Waals surface area contributed by atoms with Gasteiger partial charge in [-0.05, 0) is 44.2 Å². The van der Waals surface area contributed by atoms with Gasteiger partial charge in [-0.25, -0.2) is 4.79 Å². The minimum absolute atomic E-state index is 0.0904. The Bertz CT molecular complexity index is 230. The van der Waals surface area contributed by atoms with Crippen LogP contribution < -0.4 is 10.6 Å². The van der Waals surface area contributed by atoms with E-state index in [-0.39, 0.29) is 6.03 Å². The van der Waals surface area contributed by atoms with Gasteiger partial charge in [-0.15, -0.1) is 0 Å². The Labute approximate surface area is 91.4 Å². The first-order chi connectivity index (χ1) is 7.26. The molecule has 2 N–H and O–H groups in total. The molecule has 0 saturated carbocycles. The number of amides is 2. The van der Waals surface area contributed by atoms with Crippen LogP contribution in [0.3, 0.4) is 0 Å². The first-order valence-corrected chi connectivity index (χ1v) is 5.93. The van der Waals surface area contributed by atoms with Crippen LogP contribution in [-0.4, -0.2) is 44.2 Å². The zero-order valence-corrected chi connectivity index (χ0v) is 9.51. The normalized spacial score (nSPS) is 25.3. The van der Waals surface area contributed by atoms with E-state index >= 15 is 0 Å². The number of rotatable bonds is 0. The lowest BCUT2D eigenvalue weighted by Gasteiger charge is -2.45. The number of nitrogens with zero attached hydrogens (tertiary/aromatic N) is 1. The summed E-state index contributed by atoms with van der Waals surface area (Å²) in [4.78, 5) is 13.6. The van der Waals surface area contributed by atoms with Crippen molar-refractivity contribution >= 4 is 6.03 Å². The minimum atomic E-state index is 0.0904. The average Bonchev–Trinajstić information content (AvgIpc) is 2.29. The maximum Gasteiger partial charge on any atom is 0.317 e. The first kappa shape index (κ1) is 10.7. The molecule has 0 aromatic rings. The lowest BCUT2D eigenvalue weighted by Crippen LogP contribution is -2.52. The van der Waals surface area contributed by atoms with Crippen LogP contribution in [0.5, 0.6) is 0 Å². The van der Waals surface area contributed by atoms with E-state index < -0.39 is 0 Å². The van der Waals surface area contributed by atoms with Gasteiger partial charge in [0.1, 0.15) is 0 Å². The molecule has 0 aromatic heterocycles. The Balaban J connectivity index is 1.99. The molecule has 0 unspecified atom stereocenters. The fraction of sp³-hybridized carbons (Fsp3) is 0.909. The highest BCUT2D eigenvalue weighted by molar-refractivity contribution is 5.73. The topological polar surface area (TPSA) is 44.4 Å². The van der Waals surface area contributed by atoms with Crippen LogP contribution in [0.15, 0.2) is 0 Å². The highest BCUT2D eigenvalue weighted by Gasteiger charge is 2.37. The summed E-state index contributed by atoms with van der Waals surface area (Å²) in [6.07, 6.45) is 4.90. The third kappa shape index (κ3) is 2.25. The summed E-state index contributed by atoms with van der Waals surface area (Å²) >= 11 is 0. The van der Waals surface area contributed by atoms with Crippen molar-refractivity contribution in [3.63, 3.8) is 0 Å². The van der Waals surface area contributed by atoms with Gasteiger partial charge in [0.15, 0.2) is 0 Å². The number of piperidine rings is 2. The highest BCUT2D eigenvalue weighted by atomic mass is 16.2. The van der Waals surface area contributed by atoms with E-state index in [1.54, 1.807) is 7.05 Å². The molecule has 0 atom stereocenters. The lowest BCUT2D eigenvalue weighted by molar-refractivity contribution is 0.0773. The van der Waals surface area contributed by atoms with Gasteiger partial charge in [0.05, 0.1) is 0 Å². The van der Waals surface area contributed by atoms with Gasteiger partial charge in [-0.3, -0.25) is 0 Å². The van der Waals surface area contributed by atoms with Crippen LogP contribution in [0.25, 0.3) is 0 Å². The fourth-order valence-corrected chi connectivity index (χ4v) is 2.90. The maximum absolute atomic E-state index is 11.6. The first-order valence-electron chi connectivity index (χ1n) is 5.93. The predicted octanol–water partition coefficient (Wildman–Crippen LogP) is 0.791. The molecule has 2 rings (SSSR count). The van der Waals surface area contributed by atoms with Gasteiger partial charge in [0.2, 0.25) is 0 Å². The van der Waals surface area contributed by atoms with E-state index in [1.807, 2.05) is 4.90 Å². The molecule has 0 aromatic carbocycles. The molecule has 0 radical (unpaired) electrons. The Morgan fingerprint density at radius 3 is 2.73 bits per heavy atom. The fourth-order valence-electron chi connectivity index (χ4n) is 2.90. The van der Waals surface area contributed by atoms with Crippen LogP contribution in [0.4, 0.5) is 4.79 Å². The summed E-state index contributed by atoms with van der Waals surface area (Å²) < 4.78 is 0. The lowest BCUT2D eigenvalue weighted by atomic mass is 9.73. The average molecular weight is 211 g/mol. The van der Waals surface area contributed by atoms with E-state index in [0.717, 1.165) is 32.6 Å². The molecular weight excluding hydrogens is 190 g/mol. The van der Waals surface area contributed by atoms with E-state index in [1.165, 1.54) is 19.3 Å². The molecular formula is C11H21N3O. The molecule has 1 spiro atoms. The molecule has 0 bridgehead atoms. The van der Waals surface area contributed by atoms with Crippen LogP contribution in [0, 0.1) is 5.41 Å². The number of carbonyl (C=O) groups is 1. The zero-order valence-electron chi connectivity index (χ0n) is 9.51. The molecule has 2 heterocycles. The summed E-state index contributed by atoms with van der Waals surface area (Å²) in [5.74, 6) is 0. The van der Waals surface area contributed by atoms with E-state index in [2.05, 4.69) is 10.6 Å². The molecule has 4 heteroatoms. The van der Waals surface area contributed by atoms with Crippen LogP contribution in [-0.2, 0) is 0 Å². The molecule has 2 aliphatic rings. The van der Waals surface area contributed by atoms with Crippen molar-refractivity contribution in [3.05, 3.63) is 0 Å². The molecule has 0 aliphatic carbocycles. The SMILES string of the molecule is CNC(=O)N1CCCC2(CCNCC2)C1. The van der Waals surface area contributed by atoms with Gasteiger partial charge >= 0.3 is 6.03 Å².